The molecule has 0 radical (unpaired) electrons. The van der Waals surface area contributed by atoms with Crippen molar-refractivity contribution < 1.29 is 13.5 Å². The number of hydrogen-bond donors (Lipinski definition) is 2. The molecule has 108 valence electrons. The van der Waals surface area contributed by atoms with Crippen LogP contribution in [0.5, 0.6) is 0 Å². The number of rotatable bonds is 5. The number of aliphatic hydroxyl groups excluding tert-OH is 1. The van der Waals surface area contributed by atoms with Gasteiger partial charge >= 0.3 is 0 Å². The molecule has 0 aliphatic rings. The quantitative estimate of drug-likeness (QED) is 0.829. The van der Waals surface area contributed by atoms with Gasteiger partial charge in [-0.1, -0.05) is 12.1 Å². The standard InChI is InChI=1S/C12H16N4O3S/c1-9(17)10-3-5-11(6-4-10)20(18,19)14-7-12-15-13-8-16(12)2/h3-6,8-9,14,17H,7H2,1-2H3. The van der Waals surface area contributed by atoms with Crippen LogP contribution >= 0.6 is 0 Å². The van der Waals surface area contributed by atoms with Gasteiger partial charge in [-0.15, -0.1) is 10.2 Å². The van der Waals surface area contributed by atoms with Gasteiger partial charge in [0.2, 0.25) is 10.0 Å². The number of nitrogens with one attached hydrogen (secondary N) is 1. The van der Waals surface area contributed by atoms with E-state index in [-0.39, 0.29) is 11.4 Å². The third-order valence-corrected chi connectivity index (χ3v) is 4.32. The molecule has 0 aliphatic carbocycles. The molecule has 7 nitrogen and oxygen atoms in total. The first kappa shape index (κ1) is 14.6. The van der Waals surface area contributed by atoms with Crippen molar-refractivity contribution in [1.82, 2.24) is 19.5 Å². The number of aliphatic hydroxyl groups is 1. The van der Waals surface area contributed by atoms with Crippen molar-refractivity contribution in [2.24, 2.45) is 7.05 Å². The Kier molecular flexibility index (Phi) is 4.17. The maximum Gasteiger partial charge on any atom is 0.240 e. The van der Waals surface area contributed by atoms with Gasteiger partial charge in [-0.2, -0.15) is 0 Å². The van der Waals surface area contributed by atoms with Crippen molar-refractivity contribution in [3.05, 3.63) is 42.0 Å². The smallest absolute Gasteiger partial charge is 0.240 e. The first-order chi connectivity index (χ1) is 9.40. The average Bonchev–Trinajstić information content (AvgIpc) is 2.82. The van der Waals surface area contributed by atoms with E-state index in [2.05, 4.69) is 14.9 Å². The molecule has 1 atom stereocenters. The Labute approximate surface area is 117 Å². The highest BCUT2D eigenvalue weighted by molar-refractivity contribution is 7.89. The van der Waals surface area contributed by atoms with Crippen LogP contribution in [0, 0.1) is 0 Å². The molecule has 0 saturated heterocycles. The predicted octanol–water partition coefficient (Wildman–Crippen LogP) is 0.347. The number of aryl methyl sites for hydroxylation is 1. The second-order valence-electron chi connectivity index (χ2n) is 4.43. The van der Waals surface area contributed by atoms with Crippen LogP contribution in [0.4, 0.5) is 0 Å². The van der Waals surface area contributed by atoms with E-state index in [1.807, 2.05) is 0 Å². The molecule has 2 N–H and O–H groups in total. The molecule has 0 amide bonds. The van der Waals surface area contributed by atoms with E-state index in [0.29, 0.717) is 11.4 Å². The lowest BCUT2D eigenvalue weighted by molar-refractivity contribution is 0.199. The van der Waals surface area contributed by atoms with Crippen molar-refractivity contribution in [2.75, 3.05) is 0 Å². The number of aromatic nitrogens is 3. The van der Waals surface area contributed by atoms with Crippen molar-refractivity contribution in [3.8, 4) is 0 Å². The molecule has 1 unspecified atom stereocenters. The maximum atomic E-state index is 12.1. The van der Waals surface area contributed by atoms with Crippen molar-refractivity contribution in [1.29, 1.82) is 0 Å². The Morgan fingerprint density at radius 2 is 2.00 bits per heavy atom. The third-order valence-electron chi connectivity index (χ3n) is 2.90. The number of sulfonamides is 1. The summed E-state index contributed by atoms with van der Waals surface area (Å²) in [4.78, 5) is 0.143. The van der Waals surface area contributed by atoms with Crippen molar-refractivity contribution in [2.45, 2.75) is 24.5 Å². The maximum absolute atomic E-state index is 12.1. The lowest BCUT2D eigenvalue weighted by Crippen LogP contribution is -2.24. The summed E-state index contributed by atoms with van der Waals surface area (Å²) in [6.45, 7) is 1.69. The van der Waals surface area contributed by atoms with Crippen LogP contribution in [0.2, 0.25) is 0 Å². The fraction of sp³-hybridized carbons (Fsp3) is 0.333. The van der Waals surface area contributed by atoms with Crippen LogP contribution in [0.3, 0.4) is 0 Å². The molecule has 8 heteroatoms. The van der Waals surface area contributed by atoms with E-state index in [4.69, 9.17) is 0 Å². The lowest BCUT2D eigenvalue weighted by Gasteiger charge is -2.08. The summed E-state index contributed by atoms with van der Waals surface area (Å²) in [5.41, 5.74) is 0.664. The Morgan fingerprint density at radius 1 is 1.35 bits per heavy atom. The second kappa shape index (κ2) is 5.70. The monoisotopic (exact) mass is 296 g/mol. The SMILES string of the molecule is CC(O)c1ccc(S(=O)(=O)NCc2nncn2C)cc1. The lowest BCUT2D eigenvalue weighted by atomic mass is 10.1. The van der Waals surface area contributed by atoms with E-state index in [0.717, 1.165) is 0 Å². The minimum Gasteiger partial charge on any atom is -0.389 e. The second-order valence-corrected chi connectivity index (χ2v) is 6.19. The minimum atomic E-state index is -3.61. The van der Waals surface area contributed by atoms with E-state index >= 15 is 0 Å². The molecule has 1 heterocycles. The summed E-state index contributed by atoms with van der Waals surface area (Å²) in [7, 11) is -1.87. The van der Waals surface area contributed by atoms with E-state index in [1.165, 1.54) is 18.5 Å². The van der Waals surface area contributed by atoms with Gasteiger partial charge in [0.25, 0.3) is 0 Å². The zero-order valence-electron chi connectivity index (χ0n) is 11.2. The normalized spacial score (nSPS) is 13.3. The Morgan fingerprint density at radius 3 is 2.50 bits per heavy atom. The zero-order chi connectivity index (χ0) is 14.8. The topological polar surface area (TPSA) is 97.1 Å². The van der Waals surface area contributed by atoms with Crippen LogP contribution in [0.25, 0.3) is 0 Å². The highest BCUT2D eigenvalue weighted by atomic mass is 32.2. The summed E-state index contributed by atoms with van der Waals surface area (Å²) < 4.78 is 28.3. The molecule has 0 fully saturated rings. The molecule has 0 spiro atoms. The predicted molar refractivity (Wildman–Crippen MR) is 72.1 cm³/mol. The molecule has 2 rings (SSSR count). The molecule has 1 aromatic heterocycles. The number of hydrogen-bond acceptors (Lipinski definition) is 5. The Hall–Kier alpha value is -1.77. The molecule has 1 aromatic carbocycles. The third kappa shape index (κ3) is 3.21. The molecular formula is C12H16N4O3S. The number of nitrogens with zero attached hydrogens (tertiary/aromatic N) is 3. The minimum absolute atomic E-state index is 0.0665. The highest BCUT2D eigenvalue weighted by Crippen LogP contribution is 2.15. The van der Waals surface area contributed by atoms with Gasteiger partial charge in [0.1, 0.15) is 12.2 Å². The summed E-state index contributed by atoms with van der Waals surface area (Å²) in [5.74, 6) is 0.522. The Bertz CT molecular complexity index is 677. The molecule has 0 bridgehead atoms. The van der Waals surface area contributed by atoms with Crippen molar-refractivity contribution >= 4 is 10.0 Å². The highest BCUT2D eigenvalue weighted by Gasteiger charge is 2.15. The van der Waals surface area contributed by atoms with Gasteiger partial charge in [-0.25, -0.2) is 13.1 Å². The summed E-state index contributed by atoms with van der Waals surface area (Å²) in [5, 5.41) is 16.9. The van der Waals surface area contributed by atoms with Crippen LogP contribution < -0.4 is 4.72 Å². The fourth-order valence-corrected chi connectivity index (χ4v) is 2.62. The van der Waals surface area contributed by atoms with E-state index in [1.54, 1.807) is 30.7 Å². The molecule has 0 saturated carbocycles. The van der Waals surface area contributed by atoms with Crippen molar-refractivity contribution in [3.63, 3.8) is 0 Å². The largest absolute Gasteiger partial charge is 0.389 e. The first-order valence-corrected chi connectivity index (χ1v) is 7.49. The van der Waals surface area contributed by atoms with Crippen LogP contribution in [-0.2, 0) is 23.6 Å². The Balaban J connectivity index is 2.12. The van der Waals surface area contributed by atoms with Gasteiger partial charge in [-0.3, -0.25) is 0 Å². The fourth-order valence-electron chi connectivity index (χ4n) is 1.64. The van der Waals surface area contributed by atoms with Gasteiger partial charge < -0.3 is 9.67 Å². The van der Waals surface area contributed by atoms with Gasteiger partial charge in [0.05, 0.1) is 17.5 Å². The van der Waals surface area contributed by atoms with Gasteiger partial charge in [0.15, 0.2) is 0 Å². The summed E-state index contributed by atoms with van der Waals surface area (Å²) >= 11 is 0. The molecule has 0 aliphatic heterocycles. The molecular weight excluding hydrogens is 280 g/mol. The van der Waals surface area contributed by atoms with Gasteiger partial charge in [0, 0.05) is 7.05 Å². The average molecular weight is 296 g/mol. The molecule has 20 heavy (non-hydrogen) atoms. The zero-order valence-corrected chi connectivity index (χ0v) is 12.0. The van der Waals surface area contributed by atoms with Crippen LogP contribution in [-0.4, -0.2) is 28.3 Å². The summed E-state index contributed by atoms with van der Waals surface area (Å²) in [6, 6.07) is 6.09. The van der Waals surface area contributed by atoms with Crippen LogP contribution in [0.15, 0.2) is 35.5 Å². The van der Waals surface area contributed by atoms with E-state index < -0.39 is 16.1 Å². The first-order valence-electron chi connectivity index (χ1n) is 6.01. The summed E-state index contributed by atoms with van der Waals surface area (Å²) in [6.07, 6.45) is 0.875. The van der Waals surface area contributed by atoms with Gasteiger partial charge in [-0.05, 0) is 24.6 Å². The molecule has 2 aromatic rings. The van der Waals surface area contributed by atoms with E-state index in [9.17, 15) is 13.5 Å². The number of benzene rings is 1. The van der Waals surface area contributed by atoms with Crippen LogP contribution in [0.1, 0.15) is 24.4 Å².